The highest BCUT2D eigenvalue weighted by molar-refractivity contribution is 6.52. The maximum atomic E-state index is 11.9. The number of nitrogens with zero attached hydrogens (tertiary/aromatic N) is 1. The van der Waals surface area contributed by atoms with Crippen molar-refractivity contribution in [3.63, 3.8) is 0 Å². The fourth-order valence-corrected chi connectivity index (χ4v) is 2.72. The molecule has 1 amide bonds. The molecule has 1 N–H and O–H groups in total. The van der Waals surface area contributed by atoms with Crippen molar-refractivity contribution in [3.8, 4) is 0 Å². The normalized spacial score (nSPS) is 13.1. The van der Waals surface area contributed by atoms with Gasteiger partial charge < -0.3 is 10.2 Å². The number of benzene rings is 1. The van der Waals surface area contributed by atoms with Crippen molar-refractivity contribution in [2.45, 2.75) is 33.1 Å². The number of carbonyl (C=O) groups excluding carboxylic acids is 2. The maximum Gasteiger partial charge on any atom is 0.296 e. The van der Waals surface area contributed by atoms with Crippen molar-refractivity contribution >= 4 is 29.8 Å². The summed E-state index contributed by atoms with van der Waals surface area (Å²) in [5.74, 6) is -0.903. The zero-order chi connectivity index (χ0) is 14.5. The highest BCUT2D eigenvalue weighted by Gasteiger charge is 2.30. The molecule has 0 saturated heterocycles. The number of ketones is 1. The van der Waals surface area contributed by atoms with Gasteiger partial charge in [-0.15, -0.1) is 12.4 Å². The zero-order valence-electron chi connectivity index (χ0n) is 12.6. The second-order valence-electron chi connectivity index (χ2n) is 5.21. The second kappa shape index (κ2) is 8.15. The molecule has 0 saturated carbocycles. The molecule has 0 unspecified atom stereocenters. The van der Waals surface area contributed by atoms with Gasteiger partial charge in [-0.2, -0.15) is 0 Å². The summed E-state index contributed by atoms with van der Waals surface area (Å²) in [6.07, 6.45) is 3.07. The first kappa shape index (κ1) is 17.7. The van der Waals surface area contributed by atoms with Crippen LogP contribution >= 0.6 is 12.4 Å². The predicted octanol–water partition coefficient (Wildman–Crippen LogP) is 2.91. The van der Waals surface area contributed by atoms with Gasteiger partial charge >= 0.3 is 0 Å². The Morgan fingerprint density at radius 2 is 1.71 bits per heavy atom. The number of carbonyl (C=O) groups is 2. The molecule has 0 bridgehead atoms. The Hall–Kier alpha value is -1.39. The number of hydrogen-bond acceptors (Lipinski definition) is 3. The third kappa shape index (κ3) is 4.05. The average Bonchev–Trinajstić information content (AvgIpc) is 2.73. The number of nitrogens with one attached hydrogen (secondary N) is 1. The van der Waals surface area contributed by atoms with Crippen LogP contribution in [0.25, 0.3) is 0 Å². The van der Waals surface area contributed by atoms with E-state index < -0.39 is 11.7 Å². The highest BCUT2D eigenvalue weighted by atomic mass is 35.5. The Morgan fingerprint density at radius 3 is 2.33 bits per heavy atom. The van der Waals surface area contributed by atoms with E-state index in [0.717, 1.165) is 44.5 Å². The Balaban J connectivity index is 0.00000220. The van der Waals surface area contributed by atoms with E-state index >= 15 is 0 Å². The van der Waals surface area contributed by atoms with Crippen LogP contribution in [0.2, 0.25) is 0 Å². The third-order valence-corrected chi connectivity index (χ3v) is 3.61. The lowest BCUT2D eigenvalue weighted by Gasteiger charge is -2.21. The molecule has 0 aromatic heterocycles. The molecule has 1 aromatic rings. The molecule has 1 heterocycles. The van der Waals surface area contributed by atoms with E-state index in [2.05, 4.69) is 24.1 Å². The van der Waals surface area contributed by atoms with Gasteiger partial charge in [0.25, 0.3) is 11.7 Å². The summed E-state index contributed by atoms with van der Waals surface area (Å²) in [5, 5.41) is 2.62. The number of rotatable bonds is 7. The molecular formula is C16H23ClN2O2. The largest absolute Gasteiger partial charge is 0.318 e. The van der Waals surface area contributed by atoms with Crippen LogP contribution < -0.4 is 5.32 Å². The number of fused-ring (bicyclic) bond motifs is 1. The molecule has 1 aliphatic heterocycles. The number of hydrogen-bond donors (Lipinski definition) is 1. The van der Waals surface area contributed by atoms with Gasteiger partial charge in [-0.05, 0) is 44.0 Å². The summed E-state index contributed by atoms with van der Waals surface area (Å²) < 4.78 is 0. The minimum absolute atomic E-state index is 0. The monoisotopic (exact) mass is 310 g/mol. The first-order valence-electron chi connectivity index (χ1n) is 7.37. The summed E-state index contributed by atoms with van der Waals surface area (Å²) in [5.41, 5.74) is 2.21. The molecule has 4 nitrogen and oxygen atoms in total. The fraction of sp³-hybridized carbons (Fsp3) is 0.500. The topological polar surface area (TPSA) is 49.4 Å². The second-order valence-corrected chi connectivity index (χ2v) is 5.21. The van der Waals surface area contributed by atoms with Gasteiger partial charge in [-0.25, -0.2) is 0 Å². The fourth-order valence-electron chi connectivity index (χ4n) is 2.72. The quantitative estimate of drug-likeness (QED) is 0.788. The van der Waals surface area contributed by atoms with Gasteiger partial charge in [-0.3, -0.25) is 9.59 Å². The summed E-state index contributed by atoms with van der Waals surface area (Å²) >= 11 is 0. The van der Waals surface area contributed by atoms with Gasteiger partial charge in [0.15, 0.2) is 0 Å². The van der Waals surface area contributed by atoms with Gasteiger partial charge in [0.05, 0.1) is 11.3 Å². The van der Waals surface area contributed by atoms with Crippen molar-refractivity contribution in [1.82, 2.24) is 4.90 Å². The van der Waals surface area contributed by atoms with Gasteiger partial charge in [0.1, 0.15) is 0 Å². The molecule has 21 heavy (non-hydrogen) atoms. The van der Waals surface area contributed by atoms with E-state index in [1.165, 1.54) is 0 Å². The van der Waals surface area contributed by atoms with Crippen molar-refractivity contribution in [2.24, 2.45) is 0 Å². The summed E-state index contributed by atoms with van der Waals surface area (Å²) in [6, 6.07) is 5.64. The summed E-state index contributed by atoms with van der Waals surface area (Å²) in [4.78, 5) is 25.8. The lowest BCUT2D eigenvalue weighted by atomic mass is 10.0. The average molecular weight is 311 g/mol. The van der Waals surface area contributed by atoms with Crippen molar-refractivity contribution in [3.05, 3.63) is 29.3 Å². The zero-order valence-corrected chi connectivity index (χ0v) is 13.5. The van der Waals surface area contributed by atoms with Gasteiger partial charge in [-0.1, -0.05) is 26.0 Å². The van der Waals surface area contributed by atoms with E-state index in [9.17, 15) is 9.59 Å². The summed E-state index contributed by atoms with van der Waals surface area (Å²) in [7, 11) is 0. The molecule has 0 atom stereocenters. The molecule has 116 valence electrons. The number of anilines is 1. The molecule has 0 fully saturated rings. The maximum absolute atomic E-state index is 11.9. The predicted molar refractivity (Wildman–Crippen MR) is 87.4 cm³/mol. The third-order valence-electron chi connectivity index (χ3n) is 3.61. The van der Waals surface area contributed by atoms with Crippen LogP contribution in [0.4, 0.5) is 5.69 Å². The Labute approximate surface area is 132 Å². The van der Waals surface area contributed by atoms with E-state index in [1.54, 1.807) is 6.07 Å². The first-order chi connectivity index (χ1) is 9.67. The smallest absolute Gasteiger partial charge is 0.296 e. The lowest BCUT2D eigenvalue weighted by Crippen LogP contribution is -2.28. The van der Waals surface area contributed by atoms with Crippen LogP contribution in [0, 0.1) is 0 Å². The lowest BCUT2D eigenvalue weighted by molar-refractivity contribution is -0.112. The highest BCUT2D eigenvalue weighted by Crippen LogP contribution is 2.26. The SMILES string of the molecule is CCCN(CCC)CCc1cccc2c1C(=O)C(=O)N2.Cl. The van der Waals surface area contributed by atoms with Crippen LogP contribution in [0.1, 0.15) is 42.6 Å². The Kier molecular flexibility index (Phi) is 6.85. The van der Waals surface area contributed by atoms with Crippen LogP contribution in [-0.2, 0) is 11.2 Å². The number of halogens is 1. The molecular weight excluding hydrogens is 288 g/mol. The standard InChI is InChI=1S/C16H22N2O2.ClH/c1-3-9-18(10-4-2)11-8-12-6-5-7-13-14(12)15(19)16(20)17-13;/h5-7H,3-4,8-11H2,1-2H3,(H,17,19,20);1H. The first-order valence-corrected chi connectivity index (χ1v) is 7.37. The van der Waals surface area contributed by atoms with E-state index in [0.29, 0.717) is 11.3 Å². The van der Waals surface area contributed by atoms with Gasteiger partial charge in [0, 0.05) is 6.54 Å². The minimum atomic E-state index is -0.508. The molecule has 5 heteroatoms. The Morgan fingerprint density at radius 1 is 1.05 bits per heavy atom. The van der Waals surface area contributed by atoms with Crippen molar-refractivity contribution < 1.29 is 9.59 Å². The molecule has 0 aliphatic carbocycles. The van der Waals surface area contributed by atoms with Gasteiger partial charge in [0.2, 0.25) is 0 Å². The molecule has 0 spiro atoms. The number of Topliss-reactive ketones (excluding diaryl/α,β-unsaturated/α-hetero) is 1. The van der Waals surface area contributed by atoms with Crippen LogP contribution in [0.15, 0.2) is 18.2 Å². The summed E-state index contributed by atoms with van der Waals surface area (Å²) in [6.45, 7) is 7.44. The van der Waals surface area contributed by atoms with Crippen molar-refractivity contribution in [2.75, 3.05) is 25.0 Å². The number of amides is 1. The van der Waals surface area contributed by atoms with E-state index in [-0.39, 0.29) is 12.4 Å². The molecule has 1 aromatic carbocycles. The molecule has 0 radical (unpaired) electrons. The minimum Gasteiger partial charge on any atom is -0.318 e. The molecule has 1 aliphatic rings. The van der Waals surface area contributed by atoms with Crippen LogP contribution in [0.5, 0.6) is 0 Å². The Bertz CT molecular complexity index is 511. The van der Waals surface area contributed by atoms with Crippen LogP contribution in [0.3, 0.4) is 0 Å². The van der Waals surface area contributed by atoms with E-state index in [1.807, 2.05) is 12.1 Å². The van der Waals surface area contributed by atoms with E-state index in [4.69, 9.17) is 0 Å². The molecule has 2 rings (SSSR count). The van der Waals surface area contributed by atoms with Crippen molar-refractivity contribution in [1.29, 1.82) is 0 Å². The van der Waals surface area contributed by atoms with Crippen LogP contribution in [-0.4, -0.2) is 36.2 Å².